The second kappa shape index (κ2) is 6.40. The maximum Gasteiger partial charge on any atom is 0.0328 e. The van der Waals surface area contributed by atoms with Gasteiger partial charge in [0, 0.05) is 7.97 Å². The highest BCUT2D eigenvalue weighted by Gasteiger charge is 1.73. The Morgan fingerprint density at radius 2 is 1.90 bits per heavy atom. The fourth-order valence-electron chi connectivity index (χ4n) is 0.406. The SMILES string of the molecule is C1=CCNC=C1.CC(C)C.[HH]. The number of dihydropyridines is 1. The van der Waals surface area contributed by atoms with E-state index in [1.54, 1.807) is 0 Å². The largest absolute Gasteiger partial charge is 0.387 e. The van der Waals surface area contributed by atoms with Gasteiger partial charge in [-0.3, -0.25) is 0 Å². The third-order valence-corrected chi connectivity index (χ3v) is 0.697. The Labute approximate surface area is 65.3 Å². The third-order valence-electron chi connectivity index (χ3n) is 0.697. The summed E-state index contributed by atoms with van der Waals surface area (Å²) in [6.45, 7) is 7.48. The molecule has 60 valence electrons. The van der Waals surface area contributed by atoms with Gasteiger partial charge in [-0.1, -0.05) is 32.9 Å². The first-order chi connectivity index (χ1) is 4.73. The van der Waals surface area contributed by atoms with Gasteiger partial charge in [0.2, 0.25) is 0 Å². The Hall–Kier alpha value is -0.720. The molecule has 1 heterocycles. The molecule has 0 aromatic carbocycles. The lowest BCUT2D eigenvalue weighted by Crippen LogP contribution is -2.05. The molecule has 0 atom stereocenters. The second-order valence-corrected chi connectivity index (χ2v) is 2.93. The number of hydrogen-bond acceptors (Lipinski definition) is 1. The highest BCUT2D eigenvalue weighted by Crippen LogP contribution is 1.81. The first-order valence-corrected chi connectivity index (χ1v) is 3.78. The molecule has 0 aliphatic carbocycles. The molecule has 0 saturated carbocycles. The van der Waals surface area contributed by atoms with Crippen molar-refractivity contribution in [1.29, 1.82) is 0 Å². The molecular formula is C9H19N. The summed E-state index contributed by atoms with van der Waals surface area (Å²) in [6.07, 6.45) is 8.00. The lowest BCUT2D eigenvalue weighted by atomic mass is 10.3. The van der Waals surface area contributed by atoms with E-state index in [1.807, 2.05) is 18.4 Å². The van der Waals surface area contributed by atoms with Crippen LogP contribution < -0.4 is 5.32 Å². The zero-order chi connectivity index (χ0) is 7.82. The van der Waals surface area contributed by atoms with Gasteiger partial charge in [-0.25, -0.2) is 0 Å². The molecule has 0 bridgehead atoms. The van der Waals surface area contributed by atoms with Crippen molar-refractivity contribution in [2.75, 3.05) is 6.54 Å². The zero-order valence-corrected chi connectivity index (χ0v) is 7.09. The van der Waals surface area contributed by atoms with Crippen molar-refractivity contribution >= 4 is 0 Å². The van der Waals surface area contributed by atoms with Crippen LogP contribution in [-0.2, 0) is 0 Å². The van der Waals surface area contributed by atoms with Crippen LogP contribution in [0.2, 0.25) is 0 Å². The van der Waals surface area contributed by atoms with Gasteiger partial charge in [-0.2, -0.15) is 0 Å². The minimum absolute atomic E-state index is 0. The second-order valence-electron chi connectivity index (χ2n) is 2.93. The lowest BCUT2D eigenvalue weighted by molar-refractivity contribution is 0.737. The standard InChI is InChI=1S/C5H7N.C4H10.H2/c1-2-4-6-5-3-1;1-4(2)3;/h1-4,6H,5H2;4H,1-3H3;1H. The van der Waals surface area contributed by atoms with Gasteiger partial charge in [0.05, 0.1) is 0 Å². The van der Waals surface area contributed by atoms with Gasteiger partial charge in [0.25, 0.3) is 0 Å². The molecule has 0 spiro atoms. The average Bonchev–Trinajstić information content (AvgIpc) is 1.90. The summed E-state index contributed by atoms with van der Waals surface area (Å²) in [5.41, 5.74) is 0. The molecule has 1 N–H and O–H groups in total. The van der Waals surface area contributed by atoms with Crippen molar-refractivity contribution in [3.8, 4) is 0 Å². The molecule has 1 rings (SSSR count). The van der Waals surface area contributed by atoms with E-state index in [1.165, 1.54) is 0 Å². The first-order valence-electron chi connectivity index (χ1n) is 3.78. The average molecular weight is 141 g/mol. The zero-order valence-electron chi connectivity index (χ0n) is 7.09. The number of hydrogen-bond donors (Lipinski definition) is 1. The molecule has 1 aliphatic rings. The van der Waals surface area contributed by atoms with Crippen LogP contribution in [0.4, 0.5) is 0 Å². The fraction of sp³-hybridized carbons (Fsp3) is 0.556. The van der Waals surface area contributed by atoms with Gasteiger partial charge in [0.1, 0.15) is 0 Å². The summed E-state index contributed by atoms with van der Waals surface area (Å²) in [4.78, 5) is 0. The van der Waals surface area contributed by atoms with Gasteiger partial charge >= 0.3 is 0 Å². The van der Waals surface area contributed by atoms with Crippen LogP contribution in [0.15, 0.2) is 24.4 Å². The van der Waals surface area contributed by atoms with Crippen LogP contribution in [0, 0.1) is 5.92 Å². The lowest BCUT2D eigenvalue weighted by Gasteiger charge is -1.94. The van der Waals surface area contributed by atoms with Crippen molar-refractivity contribution in [2.24, 2.45) is 5.92 Å². The Kier molecular flexibility index (Phi) is 5.94. The van der Waals surface area contributed by atoms with Crippen molar-refractivity contribution in [3.05, 3.63) is 24.4 Å². The molecule has 0 fully saturated rings. The van der Waals surface area contributed by atoms with E-state index < -0.39 is 0 Å². The first kappa shape index (κ1) is 9.28. The topological polar surface area (TPSA) is 12.0 Å². The van der Waals surface area contributed by atoms with Gasteiger partial charge in [-0.05, 0) is 18.2 Å². The highest BCUT2D eigenvalue weighted by molar-refractivity contribution is 5.06. The molecule has 0 unspecified atom stereocenters. The molecule has 1 aliphatic heterocycles. The van der Waals surface area contributed by atoms with Crippen molar-refractivity contribution in [3.63, 3.8) is 0 Å². The molecule has 10 heavy (non-hydrogen) atoms. The molecule has 0 aromatic heterocycles. The van der Waals surface area contributed by atoms with Gasteiger partial charge < -0.3 is 5.32 Å². The van der Waals surface area contributed by atoms with Gasteiger partial charge in [0.15, 0.2) is 0 Å². The molecule has 0 amide bonds. The van der Waals surface area contributed by atoms with E-state index in [-0.39, 0.29) is 1.43 Å². The predicted molar refractivity (Wildman–Crippen MR) is 48.9 cm³/mol. The monoisotopic (exact) mass is 141 g/mol. The van der Waals surface area contributed by atoms with Crippen LogP contribution in [0.5, 0.6) is 0 Å². The Balaban J connectivity index is 0. The summed E-state index contributed by atoms with van der Waals surface area (Å²) in [5.74, 6) is 0.833. The maximum atomic E-state index is 3.02. The maximum absolute atomic E-state index is 3.02. The summed E-state index contributed by atoms with van der Waals surface area (Å²) in [5, 5.41) is 3.02. The van der Waals surface area contributed by atoms with E-state index >= 15 is 0 Å². The van der Waals surface area contributed by atoms with Crippen molar-refractivity contribution < 1.29 is 1.43 Å². The minimum Gasteiger partial charge on any atom is -0.387 e. The number of rotatable bonds is 0. The molecule has 0 aromatic rings. The number of nitrogens with one attached hydrogen (secondary N) is 1. The van der Waals surface area contributed by atoms with Crippen molar-refractivity contribution in [1.82, 2.24) is 5.32 Å². The van der Waals surface area contributed by atoms with E-state index in [9.17, 15) is 0 Å². The summed E-state index contributed by atoms with van der Waals surface area (Å²) in [6, 6.07) is 0. The van der Waals surface area contributed by atoms with Crippen LogP contribution in [-0.4, -0.2) is 6.54 Å². The summed E-state index contributed by atoms with van der Waals surface area (Å²) < 4.78 is 0. The van der Waals surface area contributed by atoms with E-state index in [0.717, 1.165) is 12.5 Å². The third kappa shape index (κ3) is 10.3. The number of allylic oxidation sites excluding steroid dienone is 2. The van der Waals surface area contributed by atoms with Crippen LogP contribution in [0.25, 0.3) is 0 Å². The minimum atomic E-state index is 0. The predicted octanol–water partition coefficient (Wildman–Crippen LogP) is 2.57. The van der Waals surface area contributed by atoms with Crippen LogP contribution in [0.3, 0.4) is 0 Å². The normalized spacial score (nSPS) is 14.0. The van der Waals surface area contributed by atoms with Gasteiger partial charge in [-0.15, -0.1) is 0 Å². The Bertz CT molecular complexity index is 102. The summed E-state index contributed by atoms with van der Waals surface area (Å²) >= 11 is 0. The van der Waals surface area contributed by atoms with Crippen LogP contribution in [0.1, 0.15) is 22.2 Å². The molecular weight excluding hydrogens is 122 g/mol. The summed E-state index contributed by atoms with van der Waals surface area (Å²) in [7, 11) is 0. The van der Waals surface area contributed by atoms with Crippen molar-refractivity contribution in [2.45, 2.75) is 20.8 Å². The van der Waals surface area contributed by atoms with E-state index in [4.69, 9.17) is 0 Å². The van der Waals surface area contributed by atoms with E-state index in [0.29, 0.717) is 0 Å². The fourth-order valence-corrected chi connectivity index (χ4v) is 0.406. The molecule has 1 nitrogen and oxygen atoms in total. The Morgan fingerprint density at radius 3 is 2.00 bits per heavy atom. The quantitative estimate of drug-likeness (QED) is 0.546. The smallest absolute Gasteiger partial charge is 0.0328 e. The van der Waals surface area contributed by atoms with Crippen LogP contribution >= 0.6 is 0 Å². The molecule has 0 saturated heterocycles. The Morgan fingerprint density at radius 1 is 1.30 bits per heavy atom. The molecule has 0 radical (unpaired) electrons. The highest BCUT2D eigenvalue weighted by atomic mass is 14.8. The molecule has 1 heteroatoms. The van der Waals surface area contributed by atoms with E-state index in [2.05, 4.69) is 32.2 Å².